The lowest BCUT2D eigenvalue weighted by Crippen LogP contribution is -2.25. The smallest absolute Gasteiger partial charge is 0.345 e. The Morgan fingerprint density at radius 3 is 2.23 bits per heavy atom. The molecule has 0 radical (unpaired) electrons. The number of nitrogens with zero attached hydrogens (tertiary/aromatic N) is 1. The molecule has 0 bridgehead atoms. The number of aromatic nitrogens is 1. The molecule has 1 aromatic carbocycles. The van der Waals surface area contributed by atoms with Gasteiger partial charge in [0.15, 0.2) is 0 Å². The second-order valence-electron chi connectivity index (χ2n) is 13.2. The van der Waals surface area contributed by atoms with Crippen LogP contribution in [0, 0.1) is 23.7 Å². The molecule has 0 aliphatic carbocycles. The molecule has 3 rings (SSSR count). The zero-order chi connectivity index (χ0) is 28.6. The Hall–Kier alpha value is -2.82. The maximum Gasteiger partial charge on any atom is 0.345 e. The summed E-state index contributed by atoms with van der Waals surface area (Å²) in [5.74, 6) is 1.39. The van der Waals surface area contributed by atoms with E-state index in [-0.39, 0.29) is 11.5 Å². The van der Waals surface area contributed by atoms with Crippen LogP contribution in [0.3, 0.4) is 0 Å². The summed E-state index contributed by atoms with van der Waals surface area (Å²) >= 11 is 0. The average molecular weight is 536 g/mol. The molecule has 0 amide bonds. The van der Waals surface area contributed by atoms with Crippen LogP contribution in [0.1, 0.15) is 105 Å². The maximum absolute atomic E-state index is 12.6. The summed E-state index contributed by atoms with van der Waals surface area (Å²) in [6.45, 7) is 16.8. The van der Waals surface area contributed by atoms with Crippen LogP contribution in [0.25, 0.3) is 22.2 Å². The number of phenolic OH excluding ortho intramolecular Hbond substituents is 1. The molecule has 1 N–H and O–H groups in total. The van der Waals surface area contributed by atoms with Crippen LogP contribution in [0.5, 0.6) is 11.6 Å². The predicted molar refractivity (Wildman–Crippen MR) is 162 cm³/mol. The van der Waals surface area contributed by atoms with E-state index in [1.54, 1.807) is 24.3 Å². The monoisotopic (exact) mass is 535 g/mol. The van der Waals surface area contributed by atoms with Gasteiger partial charge in [0.05, 0.1) is 12.2 Å². The van der Waals surface area contributed by atoms with Gasteiger partial charge in [-0.25, -0.2) is 4.79 Å². The number of benzene rings is 1. The summed E-state index contributed by atoms with van der Waals surface area (Å²) < 4.78 is 11.4. The van der Waals surface area contributed by atoms with Crippen molar-refractivity contribution in [3.05, 3.63) is 52.4 Å². The van der Waals surface area contributed by atoms with Crippen molar-refractivity contribution in [3.63, 3.8) is 0 Å². The largest absolute Gasteiger partial charge is 0.508 e. The van der Waals surface area contributed by atoms with Crippen LogP contribution in [0.2, 0.25) is 0 Å². The first-order chi connectivity index (χ1) is 18.4. The molecule has 214 valence electrons. The van der Waals surface area contributed by atoms with E-state index in [1.165, 1.54) is 44.9 Å². The van der Waals surface area contributed by atoms with Crippen LogP contribution < -0.4 is 10.4 Å². The van der Waals surface area contributed by atoms with Crippen molar-refractivity contribution < 1.29 is 14.3 Å². The van der Waals surface area contributed by atoms with E-state index in [1.807, 2.05) is 19.1 Å². The Bertz CT molecular complexity index is 1270. The van der Waals surface area contributed by atoms with E-state index < -0.39 is 5.63 Å². The van der Waals surface area contributed by atoms with E-state index in [2.05, 4.69) is 46.5 Å². The zero-order valence-corrected chi connectivity index (χ0v) is 25.2. The van der Waals surface area contributed by atoms with E-state index in [4.69, 9.17) is 9.15 Å². The Labute approximate surface area is 235 Å². The van der Waals surface area contributed by atoms with Crippen molar-refractivity contribution in [2.24, 2.45) is 16.7 Å². The van der Waals surface area contributed by atoms with Crippen LogP contribution in [0.4, 0.5) is 0 Å². The van der Waals surface area contributed by atoms with Gasteiger partial charge in [-0.1, -0.05) is 86.1 Å². The van der Waals surface area contributed by atoms with Gasteiger partial charge >= 0.3 is 5.63 Å². The summed E-state index contributed by atoms with van der Waals surface area (Å²) in [6.07, 6.45) is 11.2. The Kier molecular flexibility index (Phi) is 10.6. The van der Waals surface area contributed by atoms with Crippen molar-refractivity contribution in [1.29, 1.82) is 0 Å². The molecule has 5 nitrogen and oxygen atoms in total. The molecule has 2 heterocycles. The van der Waals surface area contributed by atoms with Crippen molar-refractivity contribution in [2.45, 2.75) is 106 Å². The molecular formula is C34H49NO4. The number of hydrogen-bond acceptors (Lipinski definition) is 5. The lowest BCUT2D eigenvalue weighted by atomic mass is 9.70. The van der Waals surface area contributed by atoms with Crippen molar-refractivity contribution in [1.82, 2.24) is 4.98 Å². The van der Waals surface area contributed by atoms with E-state index in [0.717, 1.165) is 35.3 Å². The van der Waals surface area contributed by atoms with Gasteiger partial charge in [-0.05, 0) is 78.3 Å². The number of ether oxygens (including phenoxy) is 1. The van der Waals surface area contributed by atoms with Crippen LogP contribution in [0.15, 0.2) is 45.6 Å². The highest BCUT2D eigenvalue weighted by Gasteiger charge is 2.28. The minimum atomic E-state index is -0.455. The molecule has 1 atom stereocenters. The van der Waals surface area contributed by atoms with Gasteiger partial charge in [0.1, 0.15) is 5.75 Å². The number of aromatic hydroxyl groups is 1. The fraction of sp³-hybridized carbons (Fsp3) is 0.588. The molecule has 39 heavy (non-hydrogen) atoms. The first-order valence-electron chi connectivity index (χ1n) is 14.7. The highest BCUT2D eigenvalue weighted by molar-refractivity contribution is 5.80. The van der Waals surface area contributed by atoms with Gasteiger partial charge in [0.25, 0.3) is 0 Å². The molecule has 5 heteroatoms. The Balaban J connectivity index is 1.36. The first-order valence-corrected chi connectivity index (χ1v) is 14.7. The molecule has 0 aliphatic heterocycles. The zero-order valence-electron chi connectivity index (χ0n) is 25.2. The fourth-order valence-corrected chi connectivity index (χ4v) is 5.39. The lowest BCUT2D eigenvalue weighted by molar-refractivity contribution is 0.148. The summed E-state index contributed by atoms with van der Waals surface area (Å²) in [4.78, 5) is 17.0. The molecule has 1 unspecified atom stereocenters. The van der Waals surface area contributed by atoms with Gasteiger partial charge in [0.2, 0.25) is 11.6 Å². The fourth-order valence-electron chi connectivity index (χ4n) is 5.39. The average Bonchev–Trinajstić information content (AvgIpc) is 2.84. The summed E-state index contributed by atoms with van der Waals surface area (Å²) in [5.41, 5.74) is 2.63. The number of fused-ring (bicyclic) bond motifs is 1. The molecule has 0 saturated heterocycles. The molecule has 0 fully saturated rings. The molecule has 0 spiro atoms. The predicted octanol–water partition coefficient (Wildman–Crippen LogP) is 9.47. The summed E-state index contributed by atoms with van der Waals surface area (Å²) in [5, 5.41) is 10.4. The number of aryl methyl sites for hydroxylation is 1. The standard InChI is InChI=1S/C34H49NO4/c1-24-21-27(36)16-17-28(24)29-22-26-15-18-30(35-31(26)39-32(29)37)38-20-14-12-10-8-9-11-13-19-34(6,7)25(2)23-33(3,4)5/h15-18,21-22,25,36H,8-14,19-20,23H2,1-7H3. The number of phenols is 1. The topological polar surface area (TPSA) is 72.6 Å². The third kappa shape index (κ3) is 9.40. The molecule has 3 aromatic rings. The van der Waals surface area contributed by atoms with Crippen molar-refractivity contribution in [3.8, 4) is 22.8 Å². The third-order valence-electron chi connectivity index (χ3n) is 8.04. The first kappa shape index (κ1) is 30.7. The van der Waals surface area contributed by atoms with Gasteiger partial charge in [-0.15, -0.1) is 0 Å². The van der Waals surface area contributed by atoms with Gasteiger partial charge in [0, 0.05) is 11.5 Å². The summed E-state index contributed by atoms with van der Waals surface area (Å²) in [6, 6.07) is 10.4. The second kappa shape index (κ2) is 13.5. The Morgan fingerprint density at radius 2 is 1.56 bits per heavy atom. The third-order valence-corrected chi connectivity index (χ3v) is 8.04. The molecule has 0 saturated carbocycles. The maximum atomic E-state index is 12.6. The Morgan fingerprint density at radius 1 is 0.897 bits per heavy atom. The number of hydrogen-bond donors (Lipinski definition) is 1. The molecule has 2 aromatic heterocycles. The van der Waals surface area contributed by atoms with Crippen LogP contribution in [-0.4, -0.2) is 16.7 Å². The van der Waals surface area contributed by atoms with Crippen molar-refractivity contribution >= 4 is 11.1 Å². The van der Waals surface area contributed by atoms with Gasteiger partial charge in [-0.2, -0.15) is 4.98 Å². The molecule has 0 aliphatic rings. The number of unbranched alkanes of at least 4 members (excludes halogenated alkanes) is 6. The number of rotatable bonds is 14. The number of pyridine rings is 1. The normalized spacial score (nSPS) is 13.1. The minimum Gasteiger partial charge on any atom is -0.508 e. The van der Waals surface area contributed by atoms with E-state index in [9.17, 15) is 9.90 Å². The minimum absolute atomic E-state index is 0.168. The van der Waals surface area contributed by atoms with E-state index >= 15 is 0 Å². The molecular weight excluding hydrogens is 486 g/mol. The highest BCUT2D eigenvalue weighted by atomic mass is 16.5. The highest BCUT2D eigenvalue weighted by Crippen LogP contribution is 2.39. The lowest BCUT2D eigenvalue weighted by Gasteiger charge is -2.36. The quantitative estimate of drug-likeness (QED) is 0.208. The summed E-state index contributed by atoms with van der Waals surface area (Å²) in [7, 11) is 0. The van der Waals surface area contributed by atoms with Crippen LogP contribution >= 0.6 is 0 Å². The second-order valence-corrected chi connectivity index (χ2v) is 13.2. The van der Waals surface area contributed by atoms with Crippen molar-refractivity contribution in [2.75, 3.05) is 6.61 Å². The van der Waals surface area contributed by atoms with Gasteiger partial charge < -0.3 is 14.3 Å². The van der Waals surface area contributed by atoms with Crippen LogP contribution in [-0.2, 0) is 0 Å². The van der Waals surface area contributed by atoms with Gasteiger partial charge in [-0.3, -0.25) is 0 Å². The SMILES string of the molecule is Cc1cc(O)ccc1-c1cc2ccc(OCCCCCCCCCC(C)(C)C(C)CC(C)(C)C)nc2oc1=O. The van der Waals surface area contributed by atoms with E-state index in [0.29, 0.717) is 28.9 Å².